The van der Waals surface area contributed by atoms with Crippen LogP contribution in [0.2, 0.25) is 0 Å². The summed E-state index contributed by atoms with van der Waals surface area (Å²) in [5.41, 5.74) is 7.06. The molecule has 1 saturated heterocycles. The molecule has 0 spiro atoms. The lowest BCUT2D eigenvalue weighted by atomic mass is 9.93. The van der Waals surface area contributed by atoms with E-state index in [1.807, 2.05) is 57.2 Å². The maximum atomic E-state index is 13.9. The molecule has 10 nitrogen and oxygen atoms in total. The fourth-order valence-electron chi connectivity index (χ4n) is 4.81. The SMILES string of the molecule is CC(C)(C)/C=C(\C#N)C(=O)N1CCC(n2c(=O)n(-c3ccc(Oc4ccccc4)cc3)c3c(N)ncnc32)C1. The lowest BCUT2D eigenvalue weighted by Crippen LogP contribution is -2.33. The Balaban J connectivity index is 1.49. The maximum absolute atomic E-state index is 13.9. The smallest absolute Gasteiger partial charge is 0.335 e. The van der Waals surface area contributed by atoms with Crippen molar-refractivity contribution in [2.24, 2.45) is 5.41 Å². The van der Waals surface area contributed by atoms with Crippen LogP contribution in [0.5, 0.6) is 11.5 Å². The van der Waals surface area contributed by atoms with Gasteiger partial charge in [-0.2, -0.15) is 5.26 Å². The topological polar surface area (TPSA) is 132 Å². The molecule has 1 atom stereocenters. The van der Waals surface area contributed by atoms with Crippen molar-refractivity contribution in [3.05, 3.63) is 83.1 Å². The molecule has 5 rings (SSSR count). The number of likely N-dealkylation sites (tertiary alicyclic amines) is 1. The summed E-state index contributed by atoms with van der Waals surface area (Å²) in [6, 6.07) is 18.2. The number of rotatable bonds is 5. The number of carbonyl (C=O) groups excluding carboxylic acids is 1. The van der Waals surface area contributed by atoms with Crippen LogP contribution in [-0.4, -0.2) is 43.0 Å². The number of ether oxygens (including phenoxy) is 1. The van der Waals surface area contributed by atoms with Crippen LogP contribution >= 0.6 is 0 Å². The molecule has 2 aromatic carbocycles. The lowest BCUT2D eigenvalue weighted by molar-refractivity contribution is -0.125. The van der Waals surface area contributed by atoms with E-state index in [0.717, 1.165) is 0 Å². The van der Waals surface area contributed by atoms with Crippen LogP contribution in [0.4, 0.5) is 5.82 Å². The summed E-state index contributed by atoms with van der Waals surface area (Å²) >= 11 is 0. The van der Waals surface area contributed by atoms with Gasteiger partial charge in [0, 0.05) is 13.1 Å². The van der Waals surface area contributed by atoms with Crippen molar-refractivity contribution in [1.82, 2.24) is 24.0 Å². The van der Waals surface area contributed by atoms with E-state index in [1.54, 1.807) is 39.8 Å². The molecule has 4 aromatic rings. The minimum absolute atomic E-state index is 0.0994. The van der Waals surface area contributed by atoms with Crippen molar-refractivity contribution in [2.75, 3.05) is 18.8 Å². The van der Waals surface area contributed by atoms with Crippen LogP contribution in [-0.2, 0) is 4.79 Å². The van der Waals surface area contributed by atoms with E-state index in [0.29, 0.717) is 41.3 Å². The second kappa shape index (κ2) is 10.1. The molecule has 2 aromatic heterocycles. The molecule has 1 unspecified atom stereocenters. The van der Waals surface area contributed by atoms with Gasteiger partial charge < -0.3 is 15.4 Å². The molecule has 1 aliphatic rings. The lowest BCUT2D eigenvalue weighted by Gasteiger charge is -2.18. The summed E-state index contributed by atoms with van der Waals surface area (Å²) in [4.78, 5) is 37.1. The first-order valence-corrected chi connectivity index (χ1v) is 12.7. The number of aromatic nitrogens is 4. The van der Waals surface area contributed by atoms with Gasteiger partial charge in [-0.15, -0.1) is 0 Å². The average molecular weight is 524 g/mol. The van der Waals surface area contributed by atoms with E-state index in [-0.39, 0.29) is 41.0 Å². The van der Waals surface area contributed by atoms with E-state index < -0.39 is 0 Å². The normalized spacial score (nSPS) is 15.9. The van der Waals surface area contributed by atoms with Gasteiger partial charge in [-0.3, -0.25) is 13.9 Å². The Morgan fingerprint density at radius 1 is 1.10 bits per heavy atom. The number of fused-ring (bicyclic) bond motifs is 1. The van der Waals surface area contributed by atoms with Crippen molar-refractivity contribution < 1.29 is 9.53 Å². The Bertz CT molecular complexity index is 1660. The molecule has 3 heterocycles. The van der Waals surface area contributed by atoms with Gasteiger partial charge in [-0.25, -0.2) is 14.8 Å². The fourth-order valence-corrected chi connectivity index (χ4v) is 4.81. The molecule has 198 valence electrons. The minimum atomic E-state index is -0.338. The Hall–Kier alpha value is -4.91. The van der Waals surface area contributed by atoms with E-state index in [2.05, 4.69) is 9.97 Å². The summed E-state index contributed by atoms with van der Waals surface area (Å²) in [5.74, 6) is 1.16. The van der Waals surface area contributed by atoms with Crippen LogP contribution < -0.4 is 16.2 Å². The predicted octanol–water partition coefficient (Wildman–Crippen LogP) is 4.23. The number of anilines is 1. The van der Waals surface area contributed by atoms with Gasteiger partial charge in [0.1, 0.15) is 35.0 Å². The van der Waals surface area contributed by atoms with Gasteiger partial charge in [0.25, 0.3) is 5.91 Å². The molecule has 1 amide bonds. The zero-order valence-electron chi connectivity index (χ0n) is 22.0. The molecule has 0 bridgehead atoms. The molecule has 0 saturated carbocycles. The van der Waals surface area contributed by atoms with Crippen LogP contribution in [0.15, 0.2) is 77.4 Å². The highest BCUT2D eigenvalue weighted by Crippen LogP contribution is 2.29. The molecule has 0 aliphatic carbocycles. The first-order valence-electron chi connectivity index (χ1n) is 12.7. The minimum Gasteiger partial charge on any atom is -0.457 e. The number of nitrogens with zero attached hydrogens (tertiary/aromatic N) is 6. The van der Waals surface area contributed by atoms with Crippen molar-refractivity contribution in [3.63, 3.8) is 0 Å². The largest absolute Gasteiger partial charge is 0.457 e. The number of hydrogen-bond acceptors (Lipinski definition) is 7. The van der Waals surface area contributed by atoms with Crippen molar-refractivity contribution in [2.45, 2.75) is 33.2 Å². The second-order valence-electron chi connectivity index (χ2n) is 10.6. The highest BCUT2D eigenvalue weighted by atomic mass is 16.5. The third-order valence-corrected chi connectivity index (χ3v) is 6.50. The molecule has 1 fully saturated rings. The number of para-hydroxylation sites is 1. The van der Waals surface area contributed by atoms with E-state index in [4.69, 9.17) is 10.5 Å². The quantitative estimate of drug-likeness (QED) is 0.306. The molecule has 10 heteroatoms. The third-order valence-electron chi connectivity index (χ3n) is 6.50. The van der Waals surface area contributed by atoms with Crippen molar-refractivity contribution in [3.8, 4) is 23.3 Å². The number of nitrogen functional groups attached to an aromatic ring is 1. The Labute approximate surface area is 225 Å². The maximum Gasteiger partial charge on any atom is 0.335 e. The Kier molecular flexibility index (Phi) is 6.66. The van der Waals surface area contributed by atoms with Crippen molar-refractivity contribution >= 4 is 22.9 Å². The van der Waals surface area contributed by atoms with Crippen LogP contribution in [0.25, 0.3) is 16.9 Å². The molecule has 39 heavy (non-hydrogen) atoms. The fraction of sp³-hybridized carbons (Fsp3) is 0.276. The highest BCUT2D eigenvalue weighted by Gasteiger charge is 2.33. The average Bonchev–Trinajstić information content (AvgIpc) is 3.50. The molecular weight excluding hydrogens is 494 g/mol. The number of amides is 1. The molecular formula is C29H29N7O3. The Morgan fingerprint density at radius 3 is 2.46 bits per heavy atom. The zero-order valence-corrected chi connectivity index (χ0v) is 22.0. The summed E-state index contributed by atoms with van der Waals surface area (Å²) in [7, 11) is 0. The number of benzene rings is 2. The second-order valence-corrected chi connectivity index (χ2v) is 10.6. The summed E-state index contributed by atoms with van der Waals surface area (Å²) in [6.07, 6.45) is 3.54. The zero-order chi connectivity index (χ0) is 27.7. The highest BCUT2D eigenvalue weighted by molar-refractivity contribution is 5.97. The molecule has 2 N–H and O–H groups in total. The van der Waals surface area contributed by atoms with Crippen LogP contribution in [0.3, 0.4) is 0 Å². The van der Waals surface area contributed by atoms with Gasteiger partial charge in [0.05, 0.1) is 11.7 Å². The Morgan fingerprint density at radius 2 is 1.79 bits per heavy atom. The number of allylic oxidation sites excluding steroid dienone is 1. The van der Waals surface area contributed by atoms with E-state index in [9.17, 15) is 14.9 Å². The first kappa shape index (κ1) is 25.7. The van der Waals surface area contributed by atoms with E-state index in [1.165, 1.54) is 10.9 Å². The van der Waals surface area contributed by atoms with Gasteiger partial charge in [-0.05, 0) is 48.2 Å². The summed E-state index contributed by atoms with van der Waals surface area (Å²) in [5, 5.41) is 9.59. The number of imidazole rings is 1. The van der Waals surface area contributed by atoms with Gasteiger partial charge in [-0.1, -0.05) is 45.0 Å². The first-order chi connectivity index (χ1) is 18.7. The van der Waals surface area contributed by atoms with E-state index >= 15 is 0 Å². The third kappa shape index (κ3) is 5.11. The molecule has 0 radical (unpaired) electrons. The van der Waals surface area contributed by atoms with Crippen LogP contribution in [0.1, 0.15) is 33.2 Å². The number of hydrogen-bond donors (Lipinski definition) is 1. The van der Waals surface area contributed by atoms with Gasteiger partial charge in [0.15, 0.2) is 11.5 Å². The number of nitriles is 1. The number of nitrogens with two attached hydrogens (primary N) is 1. The number of carbonyl (C=O) groups is 1. The summed E-state index contributed by atoms with van der Waals surface area (Å²) < 4.78 is 8.95. The monoisotopic (exact) mass is 523 g/mol. The predicted molar refractivity (Wildman–Crippen MR) is 147 cm³/mol. The van der Waals surface area contributed by atoms with Crippen LogP contribution in [0, 0.1) is 16.7 Å². The standard InChI is InChI=1S/C29H29N7O3/c1-29(2,3)15-19(16-30)27(37)34-14-13-21(17-34)36-26-24(25(31)32-18-33-26)35(28(36)38)20-9-11-23(12-10-20)39-22-7-5-4-6-8-22/h4-12,15,18,21H,13-14,17H2,1-3H3,(H2,31,32,33)/b19-15+. The van der Waals surface area contributed by atoms with Gasteiger partial charge in [0.2, 0.25) is 0 Å². The van der Waals surface area contributed by atoms with Crippen molar-refractivity contribution in [1.29, 1.82) is 5.26 Å². The van der Waals surface area contributed by atoms with Gasteiger partial charge >= 0.3 is 5.69 Å². The summed E-state index contributed by atoms with van der Waals surface area (Å²) in [6.45, 7) is 6.49. The molecule has 1 aliphatic heterocycles.